The third-order valence-electron chi connectivity index (χ3n) is 10.1. The molecule has 1 heterocycles. The third-order valence-corrected chi connectivity index (χ3v) is 15.9. The topological polar surface area (TPSA) is 101 Å². The molecule has 0 aliphatic carbocycles. The average Bonchev–Trinajstić information content (AvgIpc) is 3.51. The van der Waals surface area contributed by atoms with Gasteiger partial charge in [-0.3, -0.25) is 9.59 Å². The van der Waals surface area contributed by atoms with Crippen molar-refractivity contribution in [2.45, 2.75) is 141 Å². The van der Waals surface area contributed by atoms with Gasteiger partial charge >= 0.3 is 18.3 Å². The van der Waals surface area contributed by atoms with Gasteiger partial charge in [-0.15, -0.1) is 24.5 Å². The highest BCUT2D eigenvalue weighted by molar-refractivity contribution is 7.09. The van der Waals surface area contributed by atoms with Crippen LogP contribution in [0.3, 0.4) is 0 Å². The van der Waals surface area contributed by atoms with Gasteiger partial charge in [0.2, 0.25) is 3.79 Å². The highest BCUT2D eigenvalue weighted by Gasteiger charge is 2.48. The van der Waals surface area contributed by atoms with Gasteiger partial charge in [0.15, 0.2) is 8.32 Å². The van der Waals surface area contributed by atoms with Crippen molar-refractivity contribution in [1.29, 1.82) is 0 Å². The van der Waals surface area contributed by atoms with E-state index in [4.69, 9.17) is 53.4 Å². The SMILES string of the molecule is C=CC/C(=C\C[C@H](OC(=O)C[C@H](O[Si](CC)(CC)CC)C(C)(C)C(=O)C(C)[C@@H](OC(=O)OCC(Cl)(Cl)Cl)[C@@H](C)CC=C)C(C)Cc1csc(C)n1)C(F)(F)F. The Hall–Kier alpha value is -1.90. The highest BCUT2D eigenvalue weighted by atomic mass is 35.6. The number of rotatable bonds is 24. The quantitative estimate of drug-likeness (QED) is 0.0438. The number of carbonyl (C=O) groups is 3. The Balaban J connectivity index is 3.60. The van der Waals surface area contributed by atoms with Gasteiger partial charge in [-0.2, -0.15) is 13.2 Å². The normalized spacial score (nSPS) is 16.3. The molecule has 55 heavy (non-hydrogen) atoms. The number of hydrogen-bond donors (Lipinski definition) is 0. The number of allylic oxidation sites excluding steroid dienone is 3. The second-order valence-electron chi connectivity index (χ2n) is 14.7. The van der Waals surface area contributed by atoms with Crippen LogP contribution in [-0.4, -0.2) is 66.1 Å². The summed E-state index contributed by atoms with van der Waals surface area (Å²) in [4.78, 5) is 45.8. The minimum Gasteiger partial charge on any atom is -0.462 e. The highest BCUT2D eigenvalue weighted by Crippen LogP contribution is 2.38. The molecule has 1 aromatic rings. The van der Waals surface area contributed by atoms with Crippen LogP contribution >= 0.6 is 46.1 Å². The first-order valence-electron chi connectivity index (χ1n) is 18.6. The van der Waals surface area contributed by atoms with E-state index in [-0.39, 0.29) is 24.5 Å². The molecule has 0 N–H and O–H groups in total. The first-order valence-corrected chi connectivity index (χ1v) is 23.1. The third kappa shape index (κ3) is 16.8. The molecular weight excluding hydrogens is 818 g/mol. The molecule has 0 aliphatic rings. The van der Waals surface area contributed by atoms with E-state index in [0.717, 1.165) is 16.8 Å². The van der Waals surface area contributed by atoms with Gasteiger partial charge in [-0.05, 0) is 56.2 Å². The van der Waals surface area contributed by atoms with E-state index >= 15 is 0 Å². The molecule has 0 aliphatic heterocycles. The summed E-state index contributed by atoms with van der Waals surface area (Å²) in [5.41, 5.74) is -1.38. The number of aromatic nitrogens is 1. The maximum Gasteiger partial charge on any atom is 0.508 e. The van der Waals surface area contributed by atoms with Crippen molar-refractivity contribution < 1.29 is 46.2 Å². The van der Waals surface area contributed by atoms with E-state index in [2.05, 4.69) is 18.1 Å². The zero-order valence-electron chi connectivity index (χ0n) is 33.5. The lowest BCUT2D eigenvalue weighted by molar-refractivity contribution is -0.157. The van der Waals surface area contributed by atoms with Crippen LogP contribution in [-0.2, 0) is 34.6 Å². The number of ether oxygens (including phenoxy) is 3. The number of alkyl halides is 6. The Morgan fingerprint density at radius 3 is 2.04 bits per heavy atom. The number of halogens is 6. The number of aryl methyl sites for hydroxylation is 1. The van der Waals surface area contributed by atoms with Crippen LogP contribution in [0.2, 0.25) is 18.1 Å². The monoisotopic (exact) mass is 875 g/mol. The van der Waals surface area contributed by atoms with Gasteiger partial charge in [0.05, 0.1) is 29.1 Å². The van der Waals surface area contributed by atoms with E-state index in [0.29, 0.717) is 31.0 Å². The summed E-state index contributed by atoms with van der Waals surface area (Å²) in [7, 11) is -2.49. The van der Waals surface area contributed by atoms with Gasteiger partial charge in [0.25, 0.3) is 0 Å². The van der Waals surface area contributed by atoms with Crippen molar-refractivity contribution in [3.63, 3.8) is 0 Å². The van der Waals surface area contributed by atoms with Gasteiger partial charge in [-0.25, -0.2) is 9.78 Å². The van der Waals surface area contributed by atoms with Crippen molar-refractivity contribution in [2.75, 3.05) is 6.61 Å². The second-order valence-corrected chi connectivity index (χ2v) is 23.0. The maximum absolute atomic E-state index is 14.6. The molecule has 314 valence electrons. The average molecular weight is 877 g/mol. The number of hydrogen-bond acceptors (Lipinski definition) is 9. The van der Waals surface area contributed by atoms with Crippen molar-refractivity contribution >= 4 is 72.4 Å². The molecule has 16 heteroatoms. The Kier molecular flexibility index (Phi) is 21.3. The first-order chi connectivity index (χ1) is 25.4. The van der Waals surface area contributed by atoms with Crippen molar-refractivity contribution in [1.82, 2.24) is 4.98 Å². The standard InChI is InChI=1S/C39H59Cl3F3NO7SSi/c1-12-17-25(6)34(52-36(49)50-24-38(40,41)42)27(8)35(48)37(10,11)32(53-55(14-3,15-4)16-5)22-33(47)51-31(20-19-29(18-13-2)39(43,44)45)26(7)21-30-23-54-28(9)46-30/h12-13,19,23,25-27,31-32,34H,1-2,14-18,20-22,24H2,3-11H3/b29-19+/t25-,26?,27?,31-,32-,34-/m0/s1. The lowest BCUT2D eigenvalue weighted by atomic mass is 9.73. The number of Topliss-reactive ketones (excluding diaryl/α,β-unsaturated/α-hetero) is 1. The number of thiazole rings is 1. The van der Waals surface area contributed by atoms with Crippen molar-refractivity contribution in [2.24, 2.45) is 23.2 Å². The fourth-order valence-corrected chi connectivity index (χ4v) is 10.3. The smallest absolute Gasteiger partial charge is 0.462 e. The van der Waals surface area contributed by atoms with E-state index in [9.17, 15) is 27.6 Å². The van der Waals surface area contributed by atoms with Gasteiger partial charge < -0.3 is 18.6 Å². The van der Waals surface area contributed by atoms with Crippen LogP contribution in [0.4, 0.5) is 18.0 Å². The minimum atomic E-state index is -4.59. The summed E-state index contributed by atoms with van der Waals surface area (Å²) in [5, 5.41) is 2.71. The summed E-state index contributed by atoms with van der Waals surface area (Å²) in [6.07, 6.45) is -4.95. The van der Waals surface area contributed by atoms with Gasteiger partial charge in [-0.1, -0.05) is 108 Å². The lowest BCUT2D eigenvalue weighted by Crippen LogP contribution is -2.52. The fraction of sp³-hybridized carbons (Fsp3) is 0.692. The molecular formula is C39H59Cl3F3NO7SSi. The van der Waals surface area contributed by atoms with Crippen molar-refractivity contribution in [3.05, 3.63) is 53.0 Å². The van der Waals surface area contributed by atoms with Crippen LogP contribution < -0.4 is 0 Å². The summed E-state index contributed by atoms with van der Waals surface area (Å²) in [5.74, 6) is -2.78. The Bertz CT molecular complexity index is 1440. The van der Waals surface area contributed by atoms with Crippen LogP contribution in [0.1, 0.15) is 91.8 Å². The van der Waals surface area contributed by atoms with Crippen LogP contribution in [0.15, 0.2) is 42.3 Å². The Labute approximate surface area is 345 Å². The molecule has 0 saturated heterocycles. The molecule has 1 aromatic heterocycles. The number of esters is 1. The number of carbonyl (C=O) groups excluding carboxylic acids is 3. The zero-order valence-corrected chi connectivity index (χ0v) is 37.6. The molecule has 2 unspecified atom stereocenters. The van der Waals surface area contributed by atoms with Crippen LogP contribution in [0.5, 0.6) is 0 Å². The Morgan fingerprint density at radius 2 is 1.56 bits per heavy atom. The van der Waals surface area contributed by atoms with Gasteiger partial charge in [0.1, 0.15) is 24.6 Å². The molecule has 0 bridgehead atoms. The molecule has 0 aromatic carbocycles. The summed E-state index contributed by atoms with van der Waals surface area (Å²) in [6, 6.07) is 2.14. The summed E-state index contributed by atoms with van der Waals surface area (Å²) < 4.78 is 63.2. The maximum atomic E-state index is 14.6. The molecule has 0 radical (unpaired) electrons. The summed E-state index contributed by atoms with van der Waals surface area (Å²) in [6.45, 7) is 23.1. The molecule has 0 spiro atoms. The Morgan fingerprint density at radius 1 is 0.964 bits per heavy atom. The van der Waals surface area contributed by atoms with Gasteiger partial charge in [0, 0.05) is 22.8 Å². The lowest BCUT2D eigenvalue weighted by Gasteiger charge is -2.42. The van der Waals surface area contributed by atoms with E-state index < -0.39 is 84.6 Å². The number of nitrogens with zero attached hydrogens (tertiary/aromatic N) is 1. The predicted octanol–water partition coefficient (Wildman–Crippen LogP) is 12.1. The fourth-order valence-electron chi connectivity index (χ4n) is 6.49. The van der Waals surface area contributed by atoms with E-state index in [1.165, 1.54) is 17.4 Å². The zero-order chi connectivity index (χ0) is 42.4. The minimum absolute atomic E-state index is 0.199. The molecule has 0 saturated carbocycles. The van der Waals surface area contributed by atoms with Crippen LogP contribution in [0.25, 0.3) is 0 Å². The summed E-state index contributed by atoms with van der Waals surface area (Å²) >= 11 is 18.7. The van der Waals surface area contributed by atoms with E-state index in [1.807, 2.05) is 33.1 Å². The van der Waals surface area contributed by atoms with E-state index in [1.54, 1.807) is 40.7 Å². The van der Waals surface area contributed by atoms with Crippen molar-refractivity contribution in [3.8, 4) is 0 Å². The number of ketones is 1. The van der Waals surface area contributed by atoms with Crippen LogP contribution in [0, 0.1) is 30.1 Å². The molecule has 8 nitrogen and oxygen atoms in total. The predicted molar refractivity (Wildman–Crippen MR) is 218 cm³/mol. The molecule has 1 rings (SSSR count). The largest absolute Gasteiger partial charge is 0.508 e. The second kappa shape index (κ2) is 22.9. The first kappa shape index (κ1) is 51.1. The molecule has 0 amide bonds. The molecule has 0 fully saturated rings. The molecule has 6 atom stereocenters.